The first-order valence-corrected chi connectivity index (χ1v) is 9.13. The van der Waals surface area contributed by atoms with Crippen molar-refractivity contribution in [1.29, 1.82) is 0 Å². The summed E-state index contributed by atoms with van der Waals surface area (Å²) in [5, 5.41) is 3.65. The third-order valence-electron chi connectivity index (χ3n) is 4.21. The number of benzene rings is 2. The third-order valence-corrected chi connectivity index (χ3v) is 4.80. The first-order valence-electron chi connectivity index (χ1n) is 8.75. The van der Waals surface area contributed by atoms with E-state index in [-0.39, 0.29) is 5.91 Å². The summed E-state index contributed by atoms with van der Waals surface area (Å²) in [6.07, 6.45) is 1.11. The Labute approximate surface area is 160 Å². The van der Waals surface area contributed by atoms with Gasteiger partial charge < -0.3 is 14.8 Å². The van der Waals surface area contributed by atoms with Crippen molar-refractivity contribution in [2.75, 3.05) is 13.7 Å². The number of methoxy groups -OCH3 is 1. The van der Waals surface area contributed by atoms with Crippen LogP contribution < -0.4 is 14.8 Å². The number of hydrogen-bond donors (Lipinski definition) is 1. The molecule has 2 aromatic carbocycles. The van der Waals surface area contributed by atoms with Gasteiger partial charge in [0.05, 0.1) is 7.11 Å². The van der Waals surface area contributed by atoms with E-state index >= 15 is 0 Å². The molecule has 1 atom stereocenters. The summed E-state index contributed by atoms with van der Waals surface area (Å²) < 4.78 is 11.1. The van der Waals surface area contributed by atoms with Crippen molar-refractivity contribution in [3.05, 3.63) is 58.1 Å². The van der Waals surface area contributed by atoms with Crippen LogP contribution in [0.25, 0.3) is 0 Å². The molecule has 0 aliphatic heterocycles. The monoisotopic (exact) mass is 375 g/mol. The molecule has 2 rings (SSSR count). The van der Waals surface area contributed by atoms with E-state index in [9.17, 15) is 4.79 Å². The van der Waals surface area contributed by atoms with Gasteiger partial charge >= 0.3 is 0 Å². The Kier molecular flexibility index (Phi) is 7.34. The number of aryl methyl sites for hydroxylation is 3. The molecule has 0 aliphatic carbocycles. The highest BCUT2D eigenvalue weighted by molar-refractivity contribution is 6.32. The van der Waals surface area contributed by atoms with Crippen molar-refractivity contribution in [2.45, 2.75) is 39.7 Å². The lowest BCUT2D eigenvalue weighted by atomic mass is 10.1. The maximum atomic E-state index is 12.2. The number of amides is 1. The summed E-state index contributed by atoms with van der Waals surface area (Å²) in [4.78, 5) is 12.2. The highest BCUT2D eigenvalue weighted by atomic mass is 35.5. The highest BCUT2D eigenvalue weighted by Crippen LogP contribution is 2.26. The Morgan fingerprint density at radius 2 is 1.85 bits per heavy atom. The molecule has 0 spiro atoms. The number of carbonyl (C=O) groups is 1. The second-order valence-corrected chi connectivity index (χ2v) is 6.72. The van der Waals surface area contributed by atoms with Crippen LogP contribution in [0.15, 0.2) is 36.4 Å². The van der Waals surface area contributed by atoms with Crippen molar-refractivity contribution in [2.24, 2.45) is 0 Å². The van der Waals surface area contributed by atoms with Gasteiger partial charge in [-0.15, -0.1) is 0 Å². The lowest BCUT2D eigenvalue weighted by Crippen LogP contribution is -2.37. The number of ether oxygens (including phenoxy) is 2. The van der Waals surface area contributed by atoms with E-state index in [1.807, 2.05) is 50.2 Å². The molecule has 1 amide bonds. The zero-order valence-electron chi connectivity index (χ0n) is 15.8. The van der Waals surface area contributed by atoms with E-state index in [4.69, 9.17) is 21.1 Å². The average molecular weight is 376 g/mol. The number of carbonyl (C=O) groups excluding carboxylic acids is 1. The van der Waals surface area contributed by atoms with Crippen LogP contribution in [0.4, 0.5) is 0 Å². The molecule has 0 radical (unpaired) electrons. The fraction of sp³-hybridized carbons (Fsp3) is 0.381. The molecule has 0 aliphatic rings. The number of para-hydroxylation sites is 1. The lowest BCUT2D eigenvalue weighted by molar-refractivity contribution is -0.127. The number of rotatable bonds is 8. The predicted molar refractivity (Wildman–Crippen MR) is 105 cm³/mol. The summed E-state index contributed by atoms with van der Waals surface area (Å²) in [6.45, 7) is 6.17. The van der Waals surface area contributed by atoms with Crippen molar-refractivity contribution >= 4 is 17.5 Å². The van der Waals surface area contributed by atoms with Crippen LogP contribution in [0.3, 0.4) is 0 Å². The standard InChI is InChI=1S/C21H26ClNO3/c1-14-12-18(13-15(2)20(14)22)26-16(3)21(24)23-11-7-9-17-8-5-6-10-19(17)25-4/h5-6,8,10,12-13,16H,7,9,11H2,1-4H3,(H,23,24)/t16-/m1/s1. The molecule has 0 fully saturated rings. The van der Waals surface area contributed by atoms with Gasteiger partial charge in [0.1, 0.15) is 11.5 Å². The van der Waals surface area contributed by atoms with Crippen LogP contribution in [0.1, 0.15) is 30.0 Å². The molecule has 4 nitrogen and oxygen atoms in total. The Morgan fingerprint density at radius 1 is 1.19 bits per heavy atom. The van der Waals surface area contributed by atoms with E-state index < -0.39 is 6.10 Å². The van der Waals surface area contributed by atoms with Gasteiger partial charge in [-0.25, -0.2) is 0 Å². The fourth-order valence-electron chi connectivity index (χ4n) is 2.78. The first-order chi connectivity index (χ1) is 12.4. The molecule has 0 heterocycles. The van der Waals surface area contributed by atoms with E-state index in [2.05, 4.69) is 5.32 Å². The van der Waals surface area contributed by atoms with Gasteiger partial charge in [0.2, 0.25) is 0 Å². The molecule has 0 unspecified atom stereocenters. The minimum atomic E-state index is -0.568. The number of hydrogen-bond acceptors (Lipinski definition) is 3. The molecule has 5 heteroatoms. The topological polar surface area (TPSA) is 47.6 Å². The van der Waals surface area contributed by atoms with Crippen LogP contribution in [-0.2, 0) is 11.2 Å². The van der Waals surface area contributed by atoms with Gasteiger partial charge in [0.25, 0.3) is 5.91 Å². The largest absolute Gasteiger partial charge is 0.496 e. The molecule has 2 aromatic rings. The van der Waals surface area contributed by atoms with Crippen LogP contribution in [0.5, 0.6) is 11.5 Å². The zero-order chi connectivity index (χ0) is 19.1. The summed E-state index contributed by atoms with van der Waals surface area (Å²) in [5.41, 5.74) is 3.01. The first kappa shape index (κ1) is 20.1. The van der Waals surface area contributed by atoms with Crippen LogP contribution in [-0.4, -0.2) is 25.7 Å². The Bertz CT molecular complexity index is 738. The Hall–Kier alpha value is -2.20. The van der Waals surface area contributed by atoms with Crippen molar-refractivity contribution in [3.8, 4) is 11.5 Å². The second-order valence-electron chi connectivity index (χ2n) is 6.34. The summed E-state index contributed by atoms with van der Waals surface area (Å²) in [7, 11) is 1.67. The van der Waals surface area contributed by atoms with Gasteiger partial charge in [-0.05, 0) is 68.5 Å². The SMILES string of the molecule is COc1ccccc1CCCNC(=O)[C@@H](C)Oc1cc(C)c(Cl)c(C)c1. The molecule has 0 saturated heterocycles. The summed E-state index contributed by atoms with van der Waals surface area (Å²) in [5.74, 6) is 1.40. The molecule has 0 saturated carbocycles. The molecule has 140 valence electrons. The van der Waals surface area contributed by atoms with Gasteiger partial charge in [0.15, 0.2) is 6.10 Å². The maximum Gasteiger partial charge on any atom is 0.260 e. The average Bonchev–Trinajstić information content (AvgIpc) is 2.63. The van der Waals surface area contributed by atoms with Crippen molar-refractivity contribution in [3.63, 3.8) is 0 Å². The zero-order valence-corrected chi connectivity index (χ0v) is 16.5. The number of nitrogens with one attached hydrogen (secondary N) is 1. The fourth-order valence-corrected chi connectivity index (χ4v) is 2.88. The minimum absolute atomic E-state index is 0.129. The summed E-state index contributed by atoms with van der Waals surface area (Å²) in [6, 6.07) is 11.6. The summed E-state index contributed by atoms with van der Waals surface area (Å²) >= 11 is 6.16. The van der Waals surface area contributed by atoms with Crippen molar-refractivity contribution < 1.29 is 14.3 Å². The highest BCUT2D eigenvalue weighted by Gasteiger charge is 2.15. The van der Waals surface area contributed by atoms with Gasteiger partial charge in [-0.3, -0.25) is 4.79 Å². The quantitative estimate of drug-likeness (QED) is 0.692. The van der Waals surface area contributed by atoms with E-state index in [1.54, 1.807) is 14.0 Å². The second kappa shape index (κ2) is 9.48. The van der Waals surface area contributed by atoms with Crippen LogP contribution >= 0.6 is 11.6 Å². The van der Waals surface area contributed by atoms with Crippen LogP contribution in [0.2, 0.25) is 5.02 Å². The Morgan fingerprint density at radius 3 is 2.50 bits per heavy atom. The van der Waals surface area contributed by atoms with Gasteiger partial charge in [-0.2, -0.15) is 0 Å². The number of halogens is 1. The van der Waals surface area contributed by atoms with Crippen molar-refractivity contribution in [1.82, 2.24) is 5.32 Å². The van der Waals surface area contributed by atoms with E-state index in [0.29, 0.717) is 12.3 Å². The predicted octanol–water partition coefficient (Wildman–Crippen LogP) is 4.48. The van der Waals surface area contributed by atoms with Gasteiger partial charge in [-0.1, -0.05) is 29.8 Å². The Balaban J connectivity index is 1.80. The molecular weight excluding hydrogens is 350 g/mol. The molecule has 26 heavy (non-hydrogen) atoms. The third kappa shape index (κ3) is 5.40. The molecule has 0 aromatic heterocycles. The molecule has 0 bridgehead atoms. The van der Waals surface area contributed by atoms with Gasteiger partial charge in [0, 0.05) is 11.6 Å². The molecular formula is C21H26ClNO3. The smallest absolute Gasteiger partial charge is 0.260 e. The lowest BCUT2D eigenvalue weighted by Gasteiger charge is -2.16. The maximum absolute atomic E-state index is 12.2. The van der Waals surface area contributed by atoms with E-state index in [0.717, 1.165) is 40.3 Å². The van der Waals surface area contributed by atoms with E-state index in [1.165, 1.54) is 0 Å². The van der Waals surface area contributed by atoms with Crippen LogP contribution in [0, 0.1) is 13.8 Å². The minimum Gasteiger partial charge on any atom is -0.496 e. The molecule has 1 N–H and O–H groups in total. The normalized spacial score (nSPS) is 11.7.